The molecule has 0 bridgehead atoms. The number of nitrogens with two attached hydrogens (primary N) is 1. The summed E-state index contributed by atoms with van der Waals surface area (Å²) in [7, 11) is 1.90. The van der Waals surface area contributed by atoms with Gasteiger partial charge >= 0.3 is 0 Å². The molecule has 1 aromatic heterocycles. The van der Waals surface area contributed by atoms with Gasteiger partial charge in [0, 0.05) is 18.3 Å². The van der Waals surface area contributed by atoms with Gasteiger partial charge in [-0.25, -0.2) is 0 Å². The normalized spacial score (nSPS) is 20.0. The van der Waals surface area contributed by atoms with Crippen LogP contribution < -0.4 is 11.1 Å². The summed E-state index contributed by atoms with van der Waals surface area (Å²) in [4.78, 5) is 12.4. The molecule has 1 heterocycles. The Labute approximate surface area is 114 Å². The molecule has 0 spiro atoms. The first-order valence-corrected chi connectivity index (χ1v) is 7.02. The molecule has 1 aromatic rings. The smallest absolute Gasteiger partial charge is 0.240 e. The quantitative estimate of drug-likeness (QED) is 0.870. The van der Waals surface area contributed by atoms with Gasteiger partial charge < -0.3 is 11.1 Å². The summed E-state index contributed by atoms with van der Waals surface area (Å²) < 4.78 is 1.82. The van der Waals surface area contributed by atoms with Crippen molar-refractivity contribution in [2.75, 3.05) is 0 Å². The van der Waals surface area contributed by atoms with Gasteiger partial charge in [-0.3, -0.25) is 9.48 Å². The third-order valence-corrected chi connectivity index (χ3v) is 4.29. The number of carbonyl (C=O) groups excluding carboxylic acids is 1. The van der Waals surface area contributed by atoms with E-state index in [1.165, 1.54) is 6.42 Å². The zero-order valence-corrected chi connectivity index (χ0v) is 12.1. The highest BCUT2D eigenvalue weighted by Crippen LogP contribution is 2.27. The van der Waals surface area contributed by atoms with Crippen molar-refractivity contribution in [3.63, 3.8) is 0 Å². The van der Waals surface area contributed by atoms with E-state index in [4.69, 9.17) is 5.73 Å². The number of hydrogen-bond acceptors (Lipinski definition) is 3. The predicted octanol–water partition coefficient (Wildman–Crippen LogP) is 1.57. The van der Waals surface area contributed by atoms with Gasteiger partial charge in [-0.2, -0.15) is 5.10 Å². The number of amides is 1. The van der Waals surface area contributed by atoms with Gasteiger partial charge in [0.1, 0.15) is 0 Å². The van der Waals surface area contributed by atoms with Crippen LogP contribution in [0.1, 0.15) is 56.3 Å². The van der Waals surface area contributed by atoms with Gasteiger partial charge in [0.2, 0.25) is 5.91 Å². The zero-order valence-electron chi connectivity index (χ0n) is 12.1. The van der Waals surface area contributed by atoms with Gasteiger partial charge in [0.15, 0.2) is 0 Å². The van der Waals surface area contributed by atoms with Crippen molar-refractivity contribution in [2.24, 2.45) is 12.8 Å². The van der Waals surface area contributed by atoms with Gasteiger partial charge in [-0.15, -0.1) is 0 Å². The number of aryl methyl sites for hydroxylation is 1. The van der Waals surface area contributed by atoms with Crippen LogP contribution in [0.25, 0.3) is 0 Å². The Morgan fingerprint density at radius 3 is 2.63 bits per heavy atom. The van der Waals surface area contributed by atoms with Crippen LogP contribution in [0.5, 0.6) is 0 Å². The fourth-order valence-electron chi connectivity index (χ4n) is 2.77. The Bertz CT molecular complexity index is 460. The molecular formula is C14H24N4O. The van der Waals surface area contributed by atoms with Crippen LogP contribution >= 0.6 is 0 Å². The van der Waals surface area contributed by atoms with Crippen molar-refractivity contribution in [3.8, 4) is 0 Å². The van der Waals surface area contributed by atoms with Crippen LogP contribution in [0.15, 0.2) is 6.20 Å². The van der Waals surface area contributed by atoms with E-state index < -0.39 is 5.54 Å². The maximum atomic E-state index is 12.4. The minimum atomic E-state index is -0.678. The van der Waals surface area contributed by atoms with Gasteiger partial charge in [0.05, 0.1) is 17.8 Å². The molecule has 1 aliphatic carbocycles. The summed E-state index contributed by atoms with van der Waals surface area (Å²) in [6.07, 6.45) is 6.66. The summed E-state index contributed by atoms with van der Waals surface area (Å²) in [6.45, 7) is 3.98. The molecule has 1 aliphatic rings. The molecule has 0 saturated heterocycles. The Hall–Kier alpha value is -1.36. The first kappa shape index (κ1) is 14.1. The lowest BCUT2D eigenvalue weighted by Gasteiger charge is -2.33. The van der Waals surface area contributed by atoms with Crippen LogP contribution in [-0.2, 0) is 11.8 Å². The summed E-state index contributed by atoms with van der Waals surface area (Å²) in [5.41, 5.74) is 7.68. The second-order valence-electron chi connectivity index (χ2n) is 5.72. The fraction of sp³-hybridized carbons (Fsp3) is 0.714. The molecule has 2 rings (SSSR count). The average Bonchev–Trinajstić information content (AvgIpc) is 2.71. The second kappa shape index (κ2) is 5.33. The highest BCUT2D eigenvalue weighted by molar-refractivity contribution is 5.86. The van der Waals surface area contributed by atoms with Crippen LogP contribution in [0.2, 0.25) is 0 Å². The van der Waals surface area contributed by atoms with E-state index in [0.717, 1.165) is 36.9 Å². The van der Waals surface area contributed by atoms with E-state index >= 15 is 0 Å². The molecule has 106 valence electrons. The van der Waals surface area contributed by atoms with Crippen LogP contribution in [0.3, 0.4) is 0 Å². The largest absolute Gasteiger partial charge is 0.348 e. The maximum absolute atomic E-state index is 12.4. The van der Waals surface area contributed by atoms with Gasteiger partial charge in [0.25, 0.3) is 0 Å². The standard InChI is InChI=1S/C14H24N4O/c1-10(12-9-16-18(3)11(12)2)17-13(19)14(15)7-5-4-6-8-14/h9-10H,4-8,15H2,1-3H3,(H,17,19). The van der Waals surface area contributed by atoms with Crippen molar-refractivity contribution in [3.05, 3.63) is 17.5 Å². The first-order chi connectivity index (χ1) is 8.94. The van der Waals surface area contributed by atoms with Crippen LogP contribution in [0, 0.1) is 6.92 Å². The molecule has 5 heteroatoms. The number of aromatic nitrogens is 2. The Kier molecular flexibility index (Phi) is 3.94. The van der Waals surface area contributed by atoms with E-state index in [2.05, 4.69) is 10.4 Å². The highest BCUT2D eigenvalue weighted by Gasteiger charge is 2.36. The minimum Gasteiger partial charge on any atom is -0.348 e. The molecule has 0 radical (unpaired) electrons. The third-order valence-electron chi connectivity index (χ3n) is 4.29. The predicted molar refractivity (Wildman–Crippen MR) is 74.5 cm³/mol. The molecule has 1 saturated carbocycles. The van der Waals surface area contributed by atoms with Crippen LogP contribution in [-0.4, -0.2) is 21.2 Å². The summed E-state index contributed by atoms with van der Waals surface area (Å²) in [6, 6.07) is -0.0523. The summed E-state index contributed by atoms with van der Waals surface area (Å²) >= 11 is 0. The Morgan fingerprint density at radius 1 is 1.47 bits per heavy atom. The number of rotatable bonds is 3. The van der Waals surface area contributed by atoms with Crippen molar-refractivity contribution in [1.82, 2.24) is 15.1 Å². The second-order valence-corrected chi connectivity index (χ2v) is 5.72. The Morgan fingerprint density at radius 2 is 2.11 bits per heavy atom. The van der Waals surface area contributed by atoms with Crippen molar-refractivity contribution < 1.29 is 4.79 Å². The molecule has 1 atom stereocenters. The lowest BCUT2D eigenvalue weighted by Crippen LogP contribution is -2.55. The lowest BCUT2D eigenvalue weighted by atomic mass is 9.81. The van der Waals surface area contributed by atoms with E-state index in [0.29, 0.717) is 0 Å². The van der Waals surface area contributed by atoms with E-state index in [1.807, 2.05) is 31.8 Å². The van der Waals surface area contributed by atoms with Crippen molar-refractivity contribution in [2.45, 2.75) is 57.5 Å². The molecule has 0 aromatic carbocycles. The lowest BCUT2D eigenvalue weighted by molar-refractivity contribution is -0.128. The Balaban J connectivity index is 2.04. The van der Waals surface area contributed by atoms with E-state index in [1.54, 1.807) is 0 Å². The molecule has 3 N–H and O–H groups in total. The van der Waals surface area contributed by atoms with Crippen molar-refractivity contribution >= 4 is 5.91 Å². The molecular weight excluding hydrogens is 240 g/mol. The van der Waals surface area contributed by atoms with Crippen LogP contribution in [0.4, 0.5) is 0 Å². The number of carbonyl (C=O) groups is 1. The summed E-state index contributed by atoms with van der Waals surface area (Å²) in [5.74, 6) is -0.0250. The SMILES string of the molecule is Cc1c(C(C)NC(=O)C2(N)CCCCC2)cnn1C. The number of hydrogen-bond donors (Lipinski definition) is 2. The number of nitrogens with zero attached hydrogens (tertiary/aromatic N) is 2. The molecule has 1 unspecified atom stereocenters. The molecule has 5 nitrogen and oxygen atoms in total. The maximum Gasteiger partial charge on any atom is 0.240 e. The van der Waals surface area contributed by atoms with Gasteiger partial charge in [-0.05, 0) is 26.7 Å². The topological polar surface area (TPSA) is 72.9 Å². The minimum absolute atomic E-state index is 0.0250. The highest BCUT2D eigenvalue weighted by atomic mass is 16.2. The zero-order chi connectivity index (χ0) is 14.0. The molecule has 1 amide bonds. The van der Waals surface area contributed by atoms with Gasteiger partial charge in [-0.1, -0.05) is 19.3 Å². The van der Waals surface area contributed by atoms with E-state index in [-0.39, 0.29) is 11.9 Å². The fourth-order valence-corrected chi connectivity index (χ4v) is 2.77. The van der Waals surface area contributed by atoms with Crippen molar-refractivity contribution in [1.29, 1.82) is 0 Å². The third kappa shape index (κ3) is 2.81. The summed E-state index contributed by atoms with van der Waals surface area (Å²) in [5, 5.41) is 7.25. The molecule has 19 heavy (non-hydrogen) atoms. The monoisotopic (exact) mass is 264 g/mol. The average molecular weight is 264 g/mol. The first-order valence-electron chi connectivity index (χ1n) is 7.02. The molecule has 0 aliphatic heterocycles. The number of nitrogens with one attached hydrogen (secondary N) is 1. The molecule has 1 fully saturated rings. The van der Waals surface area contributed by atoms with E-state index in [9.17, 15) is 4.79 Å².